The molecule has 1 heterocycles. The lowest BCUT2D eigenvalue weighted by molar-refractivity contribution is -0.125. The molecule has 0 aliphatic carbocycles. The first kappa shape index (κ1) is 14.1. The molecule has 1 aliphatic heterocycles. The third-order valence-electron chi connectivity index (χ3n) is 3.98. The molecule has 1 atom stereocenters. The summed E-state index contributed by atoms with van der Waals surface area (Å²) in [6.07, 6.45) is 5.04. The van der Waals surface area contributed by atoms with Crippen molar-refractivity contribution in [3.63, 3.8) is 0 Å². The van der Waals surface area contributed by atoms with E-state index in [1.165, 1.54) is 0 Å². The largest absolute Gasteiger partial charge is 0.493 e. The maximum atomic E-state index is 12.8. The molecule has 0 N–H and O–H groups in total. The fraction of sp³-hybridized carbons (Fsp3) is 0.588. The number of hydrogen-bond donors (Lipinski definition) is 0. The van der Waals surface area contributed by atoms with E-state index in [1.807, 2.05) is 24.3 Å². The van der Waals surface area contributed by atoms with Crippen LogP contribution in [0.3, 0.4) is 0 Å². The summed E-state index contributed by atoms with van der Waals surface area (Å²) in [5.74, 6) is 1.61. The van der Waals surface area contributed by atoms with Crippen LogP contribution in [0.1, 0.15) is 57.4 Å². The molecule has 0 radical (unpaired) electrons. The van der Waals surface area contributed by atoms with Gasteiger partial charge in [-0.05, 0) is 25.3 Å². The van der Waals surface area contributed by atoms with Crippen molar-refractivity contribution in [3.8, 4) is 5.75 Å². The Kier molecular flexibility index (Phi) is 5.00. The van der Waals surface area contributed by atoms with Crippen LogP contribution in [0.4, 0.5) is 0 Å². The van der Waals surface area contributed by atoms with E-state index >= 15 is 0 Å². The Morgan fingerprint density at radius 2 is 1.95 bits per heavy atom. The Bertz CT molecular complexity index is 419. The lowest BCUT2D eigenvalue weighted by Crippen LogP contribution is -2.27. The summed E-state index contributed by atoms with van der Waals surface area (Å²) in [7, 11) is 0. The summed E-state index contributed by atoms with van der Waals surface area (Å²) < 4.78 is 5.65. The van der Waals surface area contributed by atoms with Gasteiger partial charge >= 0.3 is 0 Å². The van der Waals surface area contributed by atoms with E-state index in [-0.39, 0.29) is 11.8 Å². The quantitative estimate of drug-likeness (QED) is 0.760. The summed E-state index contributed by atoms with van der Waals surface area (Å²) >= 11 is 0. The van der Waals surface area contributed by atoms with Gasteiger partial charge in [-0.3, -0.25) is 4.79 Å². The van der Waals surface area contributed by atoms with Gasteiger partial charge in [0.2, 0.25) is 0 Å². The van der Waals surface area contributed by atoms with Crippen LogP contribution in [0, 0.1) is 5.92 Å². The highest BCUT2D eigenvalue weighted by Crippen LogP contribution is 2.36. The first-order valence-electron chi connectivity index (χ1n) is 7.53. The van der Waals surface area contributed by atoms with Crippen molar-refractivity contribution in [1.82, 2.24) is 0 Å². The normalized spacial score (nSPS) is 17.9. The van der Waals surface area contributed by atoms with Crippen LogP contribution < -0.4 is 4.74 Å². The molecule has 2 rings (SSSR count). The van der Waals surface area contributed by atoms with Crippen molar-refractivity contribution in [2.24, 2.45) is 5.92 Å². The molecular weight excluding hydrogens is 236 g/mol. The number of ketones is 1. The van der Waals surface area contributed by atoms with Gasteiger partial charge in [-0.25, -0.2) is 0 Å². The molecule has 0 aromatic heterocycles. The lowest BCUT2D eigenvalue weighted by atomic mass is 9.80. The van der Waals surface area contributed by atoms with Crippen LogP contribution in [0.5, 0.6) is 5.75 Å². The Hall–Kier alpha value is -1.31. The number of hydrogen-bond acceptors (Lipinski definition) is 2. The van der Waals surface area contributed by atoms with Crippen molar-refractivity contribution < 1.29 is 9.53 Å². The van der Waals surface area contributed by atoms with Gasteiger partial charge in [-0.2, -0.15) is 0 Å². The minimum absolute atomic E-state index is 0.0491. The van der Waals surface area contributed by atoms with E-state index in [2.05, 4.69) is 13.8 Å². The molecule has 1 aromatic carbocycles. The van der Waals surface area contributed by atoms with Gasteiger partial charge in [0.15, 0.2) is 0 Å². The van der Waals surface area contributed by atoms with Gasteiger partial charge in [0.25, 0.3) is 0 Å². The van der Waals surface area contributed by atoms with Gasteiger partial charge in [0.05, 0.1) is 6.61 Å². The molecule has 104 valence electrons. The fourth-order valence-electron chi connectivity index (χ4n) is 3.05. The smallest absolute Gasteiger partial charge is 0.143 e. The molecule has 0 fully saturated rings. The van der Waals surface area contributed by atoms with E-state index in [0.29, 0.717) is 12.4 Å². The molecule has 0 spiro atoms. The van der Waals surface area contributed by atoms with Crippen LogP contribution in [-0.2, 0) is 4.79 Å². The van der Waals surface area contributed by atoms with Crippen molar-refractivity contribution in [2.45, 2.75) is 51.9 Å². The first-order valence-corrected chi connectivity index (χ1v) is 7.53. The minimum Gasteiger partial charge on any atom is -0.493 e. The molecule has 2 nitrogen and oxygen atoms in total. The monoisotopic (exact) mass is 260 g/mol. The molecule has 1 unspecified atom stereocenters. The number of carbonyl (C=O) groups is 1. The molecule has 1 aliphatic rings. The van der Waals surface area contributed by atoms with Crippen molar-refractivity contribution >= 4 is 5.78 Å². The molecule has 2 heteroatoms. The van der Waals surface area contributed by atoms with Gasteiger partial charge in [-0.1, -0.05) is 44.9 Å². The average Bonchev–Trinajstić information content (AvgIpc) is 2.46. The second-order valence-corrected chi connectivity index (χ2v) is 5.40. The summed E-state index contributed by atoms with van der Waals surface area (Å²) in [4.78, 5) is 12.8. The van der Waals surface area contributed by atoms with Gasteiger partial charge < -0.3 is 4.74 Å². The van der Waals surface area contributed by atoms with E-state index in [1.54, 1.807) is 0 Å². The molecular formula is C17H24O2. The van der Waals surface area contributed by atoms with Crippen LogP contribution in [0.15, 0.2) is 24.3 Å². The van der Waals surface area contributed by atoms with Crippen molar-refractivity contribution in [3.05, 3.63) is 29.8 Å². The lowest BCUT2D eigenvalue weighted by Gasteiger charge is -2.28. The van der Waals surface area contributed by atoms with Gasteiger partial charge in [-0.15, -0.1) is 0 Å². The predicted molar refractivity (Wildman–Crippen MR) is 77.6 cm³/mol. The zero-order chi connectivity index (χ0) is 13.7. The highest BCUT2D eigenvalue weighted by Gasteiger charge is 2.31. The van der Waals surface area contributed by atoms with E-state index < -0.39 is 0 Å². The number of rotatable bonds is 6. The number of ether oxygens (including phenoxy) is 1. The van der Waals surface area contributed by atoms with E-state index in [9.17, 15) is 4.79 Å². The topological polar surface area (TPSA) is 26.3 Å². The second kappa shape index (κ2) is 6.74. The van der Waals surface area contributed by atoms with Gasteiger partial charge in [0, 0.05) is 17.4 Å². The summed E-state index contributed by atoms with van der Waals surface area (Å²) in [6, 6.07) is 8.00. The Morgan fingerprint density at radius 1 is 1.26 bits per heavy atom. The molecule has 0 bridgehead atoms. The zero-order valence-electron chi connectivity index (χ0n) is 12.0. The first-order chi connectivity index (χ1) is 9.27. The summed E-state index contributed by atoms with van der Waals surface area (Å²) in [6.45, 7) is 4.99. The Labute approximate surface area is 116 Å². The number of fused-ring (bicyclic) bond motifs is 1. The maximum Gasteiger partial charge on any atom is 0.143 e. The number of carbonyl (C=O) groups excluding carboxylic acids is 1. The van der Waals surface area contributed by atoms with Gasteiger partial charge in [0.1, 0.15) is 11.5 Å². The minimum atomic E-state index is 0.0491. The van der Waals surface area contributed by atoms with Crippen molar-refractivity contribution in [1.29, 1.82) is 0 Å². The van der Waals surface area contributed by atoms with Crippen LogP contribution in [0.2, 0.25) is 0 Å². The number of benzene rings is 1. The summed E-state index contributed by atoms with van der Waals surface area (Å²) in [5, 5.41) is 0. The molecule has 0 amide bonds. The Balaban J connectivity index is 2.19. The molecule has 19 heavy (non-hydrogen) atoms. The molecule has 0 saturated heterocycles. The average molecular weight is 260 g/mol. The highest BCUT2D eigenvalue weighted by molar-refractivity contribution is 5.88. The fourth-order valence-corrected chi connectivity index (χ4v) is 3.05. The number of para-hydroxylation sites is 1. The predicted octanol–water partition coefficient (Wildman–Crippen LogP) is 4.34. The van der Waals surface area contributed by atoms with Crippen LogP contribution in [0.25, 0.3) is 0 Å². The SMILES string of the molecule is CCCC(CCC)C(=O)C1CCOc2ccccc21. The maximum absolute atomic E-state index is 12.8. The van der Waals surface area contributed by atoms with Crippen LogP contribution >= 0.6 is 0 Å². The highest BCUT2D eigenvalue weighted by atomic mass is 16.5. The third-order valence-corrected chi connectivity index (χ3v) is 3.98. The zero-order valence-corrected chi connectivity index (χ0v) is 12.0. The van der Waals surface area contributed by atoms with E-state index in [0.717, 1.165) is 43.4 Å². The Morgan fingerprint density at radius 3 is 2.63 bits per heavy atom. The molecule has 0 saturated carbocycles. The third kappa shape index (κ3) is 3.17. The van der Waals surface area contributed by atoms with Crippen LogP contribution in [-0.4, -0.2) is 12.4 Å². The molecule has 1 aromatic rings. The number of Topliss-reactive ketones (excluding diaryl/α,β-unsaturated/α-hetero) is 1. The van der Waals surface area contributed by atoms with Crippen molar-refractivity contribution in [2.75, 3.05) is 6.61 Å². The second-order valence-electron chi connectivity index (χ2n) is 5.40. The summed E-state index contributed by atoms with van der Waals surface area (Å²) in [5.41, 5.74) is 1.09. The van der Waals surface area contributed by atoms with E-state index in [4.69, 9.17) is 4.74 Å². The standard InChI is InChI=1S/C17H24O2/c1-3-7-13(8-4-2)17(18)15-11-12-19-16-10-6-5-9-14(15)16/h5-6,9-10,13,15H,3-4,7-8,11-12H2,1-2H3.